The van der Waals surface area contributed by atoms with Crippen molar-refractivity contribution in [2.75, 3.05) is 10.2 Å². The number of rotatable bonds is 5. The van der Waals surface area contributed by atoms with E-state index >= 15 is 0 Å². The third-order valence-corrected chi connectivity index (χ3v) is 4.06. The van der Waals surface area contributed by atoms with E-state index in [2.05, 4.69) is 15.3 Å². The van der Waals surface area contributed by atoms with E-state index in [0.717, 1.165) is 16.9 Å². The van der Waals surface area contributed by atoms with Crippen LogP contribution >= 0.6 is 0 Å². The normalized spacial score (nSPS) is 11.1. The predicted molar refractivity (Wildman–Crippen MR) is 114 cm³/mol. The van der Waals surface area contributed by atoms with Crippen LogP contribution in [0, 0.1) is 6.92 Å². The highest BCUT2D eigenvalue weighted by atomic mass is 16.2. The molecule has 0 saturated carbocycles. The number of amides is 1. The molecule has 0 atom stereocenters. The smallest absolute Gasteiger partial charge is 0.277 e. The molecule has 28 heavy (non-hydrogen) atoms. The molecule has 0 aliphatic carbocycles. The second kappa shape index (κ2) is 8.21. The standard InChI is InChI=1S/C23H26N4O/c1-17-15-20(25-22(24-17)26-23(2,3)4)21(28)27(19-13-9-6-10-14-19)16-18-11-7-5-8-12-18/h5-15H,16H2,1-4H3,(H,24,25,26). The number of nitrogens with one attached hydrogen (secondary N) is 1. The second-order valence-corrected chi connectivity index (χ2v) is 7.81. The van der Waals surface area contributed by atoms with Gasteiger partial charge in [-0.2, -0.15) is 0 Å². The van der Waals surface area contributed by atoms with Crippen LogP contribution in [-0.2, 0) is 6.54 Å². The molecular formula is C23H26N4O. The zero-order chi connectivity index (χ0) is 20.1. The highest BCUT2D eigenvalue weighted by molar-refractivity contribution is 6.04. The fourth-order valence-corrected chi connectivity index (χ4v) is 2.86. The summed E-state index contributed by atoms with van der Waals surface area (Å²) in [5.41, 5.74) is 2.81. The lowest BCUT2D eigenvalue weighted by atomic mass is 10.1. The molecule has 3 aromatic rings. The van der Waals surface area contributed by atoms with E-state index in [0.29, 0.717) is 18.2 Å². The summed E-state index contributed by atoms with van der Waals surface area (Å²) in [6, 6.07) is 21.3. The van der Waals surface area contributed by atoms with Gasteiger partial charge in [-0.25, -0.2) is 9.97 Å². The summed E-state index contributed by atoms with van der Waals surface area (Å²) in [6.45, 7) is 8.44. The van der Waals surface area contributed by atoms with Crippen LogP contribution in [0.4, 0.5) is 11.6 Å². The summed E-state index contributed by atoms with van der Waals surface area (Å²) in [7, 11) is 0. The van der Waals surface area contributed by atoms with Gasteiger partial charge in [-0.05, 0) is 51.5 Å². The molecule has 0 radical (unpaired) electrons. The van der Waals surface area contributed by atoms with Gasteiger partial charge in [0.15, 0.2) is 0 Å². The van der Waals surface area contributed by atoms with E-state index in [1.54, 1.807) is 11.0 Å². The minimum atomic E-state index is -0.197. The van der Waals surface area contributed by atoms with Gasteiger partial charge in [-0.3, -0.25) is 4.79 Å². The van der Waals surface area contributed by atoms with Crippen LogP contribution in [0.3, 0.4) is 0 Å². The minimum absolute atomic E-state index is 0.155. The summed E-state index contributed by atoms with van der Waals surface area (Å²) < 4.78 is 0. The molecule has 5 nitrogen and oxygen atoms in total. The topological polar surface area (TPSA) is 58.1 Å². The molecule has 0 fully saturated rings. The molecule has 3 rings (SSSR count). The van der Waals surface area contributed by atoms with E-state index in [9.17, 15) is 4.79 Å². The Hall–Kier alpha value is -3.21. The number of carbonyl (C=O) groups is 1. The first kappa shape index (κ1) is 19.5. The molecule has 0 aliphatic rings. The summed E-state index contributed by atoms with van der Waals surface area (Å²) >= 11 is 0. The Morgan fingerprint density at radius 2 is 1.57 bits per heavy atom. The fraction of sp³-hybridized carbons (Fsp3) is 0.261. The molecule has 1 aromatic heterocycles. The Bertz CT molecular complexity index is 934. The first-order chi connectivity index (χ1) is 13.3. The van der Waals surface area contributed by atoms with Crippen molar-refractivity contribution in [3.63, 3.8) is 0 Å². The second-order valence-electron chi connectivity index (χ2n) is 7.81. The van der Waals surface area contributed by atoms with Crippen molar-refractivity contribution in [1.82, 2.24) is 9.97 Å². The number of benzene rings is 2. The molecular weight excluding hydrogens is 348 g/mol. The van der Waals surface area contributed by atoms with E-state index in [1.165, 1.54) is 0 Å². The quantitative estimate of drug-likeness (QED) is 0.694. The molecule has 1 heterocycles. The average Bonchev–Trinajstić information content (AvgIpc) is 2.65. The molecule has 0 aliphatic heterocycles. The van der Waals surface area contributed by atoms with Gasteiger partial charge in [0.1, 0.15) is 5.69 Å². The largest absolute Gasteiger partial charge is 0.350 e. The highest BCUT2D eigenvalue weighted by Crippen LogP contribution is 2.21. The third-order valence-electron chi connectivity index (χ3n) is 4.06. The van der Waals surface area contributed by atoms with Gasteiger partial charge < -0.3 is 10.2 Å². The van der Waals surface area contributed by atoms with Crippen molar-refractivity contribution in [1.29, 1.82) is 0 Å². The molecule has 2 aromatic carbocycles. The lowest BCUT2D eigenvalue weighted by Gasteiger charge is -2.24. The Labute approximate surface area is 166 Å². The lowest BCUT2D eigenvalue weighted by molar-refractivity contribution is 0.0980. The zero-order valence-corrected chi connectivity index (χ0v) is 16.8. The number of aryl methyl sites for hydroxylation is 1. The first-order valence-electron chi connectivity index (χ1n) is 9.36. The molecule has 0 unspecified atom stereocenters. The van der Waals surface area contributed by atoms with Gasteiger partial charge in [0, 0.05) is 16.9 Å². The number of aromatic nitrogens is 2. The SMILES string of the molecule is Cc1cc(C(=O)N(Cc2ccccc2)c2ccccc2)nc(NC(C)(C)C)n1. The van der Waals surface area contributed by atoms with Crippen molar-refractivity contribution < 1.29 is 4.79 Å². The summed E-state index contributed by atoms with van der Waals surface area (Å²) in [5, 5.41) is 3.25. The van der Waals surface area contributed by atoms with Gasteiger partial charge in [0.05, 0.1) is 6.54 Å². The number of hydrogen-bond donors (Lipinski definition) is 1. The number of anilines is 2. The molecule has 144 valence electrons. The van der Waals surface area contributed by atoms with E-state index < -0.39 is 0 Å². The molecule has 0 spiro atoms. The van der Waals surface area contributed by atoms with Crippen LogP contribution in [-0.4, -0.2) is 21.4 Å². The van der Waals surface area contributed by atoms with Gasteiger partial charge in [-0.15, -0.1) is 0 Å². The van der Waals surface area contributed by atoms with E-state index in [1.807, 2.05) is 88.4 Å². The monoisotopic (exact) mass is 374 g/mol. The summed E-state index contributed by atoms with van der Waals surface area (Å²) in [6.07, 6.45) is 0. The third kappa shape index (κ3) is 5.16. The van der Waals surface area contributed by atoms with Crippen LogP contribution in [0.25, 0.3) is 0 Å². The van der Waals surface area contributed by atoms with Crippen LogP contribution in [0.15, 0.2) is 66.7 Å². The molecule has 1 amide bonds. The maximum Gasteiger partial charge on any atom is 0.277 e. The first-order valence-corrected chi connectivity index (χ1v) is 9.36. The number of hydrogen-bond acceptors (Lipinski definition) is 4. The Balaban J connectivity index is 1.97. The van der Waals surface area contributed by atoms with Crippen molar-refractivity contribution in [2.45, 2.75) is 39.8 Å². The van der Waals surface area contributed by atoms with Crippen LogP contribution in [0.1, 0.15) is 42.5 Å². The molecule has 1 N–H and O–H groups in total. The van der Waals surface area contributed by atoms with Crippen molar-refractivity contribution in [2.24, 2.45) is 0 Å². The maximum absolute atomic E-state index is 13.4. The maximum atomic E-state index is 13.4. The fourth-order valence-electron chi connectivity index (χ4n) is 2.86. The van der Waals surface area contributed by atoms with Crippen LogP contribution in [0.2, 0.25) is 0 Å². The van der Waals surface area contributed by atoms with E-state index in [4.69, 9.17) is 0 Å². The van der Waals surface area contributed by atoms with Gasteiger partial charge in [0.25, 0.3) is 5.91 Å². The van der Waals surface area contributed by atoms with Gasteiger partial charge in [-0.1, -0.05) is 48.5 Å². The highest BCUT2D eigenvalue weighted by Gasteiger charge is 2.21. The van der Waals surface area contributed by atoms with Crippen molar-refractivity contribution in [3.8, 4) is 0 Å². The lowest BCUT2D eigenvalue weighted by Crippen LogP contribution is -2.32. The number of para-hydroxylation sites is 1. The van der Waals surface area contributed by atoms with Crippen LogP contribution in [0.5, 0.6) is 0 Å². The zero-order valence-electron chi connectivity index (χ0n) is 16.8. The van der Waals surface area contributed by atoms with Gasteiger partial charge >= 0.3 is 0 Å². The Morgan fingerprint density at radius 1 is 0.964 bits per heavy atom. The predicted octanol–water partition coefficient (Wildman–Crippen LogP) is 4.84. The molecule has 0 saturated heterocycles. The van der Waals surface area contributed by atoms with Gasteiger partial charge in [0.2, 0.25) is 5.95 Å². The molecule has 0 bridgehead atoms. The van der Waals surface area contributed by atoms with Crippen LogP contribution < -0.4 is 10.2 Å². The van der Waals surface area contributed by atoms with Crippen molar-refractivity contribution in [3.05, 3.63) is 83.7 Å². The summed E-state index contributed by atoms with van der Waals surface area (Å²) in [5.74, 6) is 0.307. The number of carbonyl (C=O) groups excluding carboxylic acids is 1. The minimum Gasteiger partial charge on any atom is -0.350 e. The Kier molecular flexibility index (Phi) is 5.73. The number of nitrogens with zero attached hydrogens (tertiary/aromatic N) is 3. The average molecular weight is 374 g/mol. The van der Waals surface area contributed by atoms with E-state index in [-0.39, 0.29) is 11.4 Å². The molecule has 5 heteroatoms. The van der Waals surface area contributed by atoms with Crippen molar-refractivity contribution >= 4 is 17.5 Å². The summed E-state index contributed by atoms with van der Waals surface area (Å²) in [4.78, 5) is 24.1. The Morgan fingerprint density at radius 3 is 2.18 bits per heavy atom.